The minimum absolute atomic E-state index is 0.00575. The van der Waals surface area contributed by atoms with Crippen LogP contribution < -0.4 is 5.73 Å². The molecule has 0 aromatic heterocycles. The molecule has 1 amide bonds. The second-order valence-electron chi connectivity index (χ2n) is 5.45. The number of nitrogens with two attached hydrogens (primary N) is 1. The van der Waals surface area contributed by atoms with E-state index in [0.717, 1.165) is 17.5 Å². The van der Waals surface area contributed by atoms with Gasteiger partial charge >= 0.3 is 0 Å². The standard InChI is InChI=1S/C17H18N2O2/c1-11-15(3-2-4-16(11)18)17(21)19-8-7-12-5-6-14(20)9-13(12)10-19/h2-6,9,20H,7-8,10,18H2,1H3. The van der Waals surface area contributed by atoms with Gasteiger partial charge in [-0.3, -0.25) is 4.79 Å². The number of carbonyl (C=O) groups excluding carboxylic acids is 1. The molecule has 3 rings (SSSR count). The number of hydrogen-bond donors (Lipinski definition) is 2. The molecule has 108 valence electrons. The van der Waals surface area contributed by atoms with Gasteiger partial charge in [-0.2, -0.15) is 0 Å². The Morgan fingerprint density at radius 1 is 1.24 bits per heavy atom. The fourth-order valence-electron chi connectivity index (χ4n) is 2.77. The van der Waals surface area contributed by atoms with E-state index in [0.29, 0.717) is 24.3 Å². The molecular formula is C17H18N2O2. The Hall–Kier alpha value is -2.49. The van der Waals surface area contributed by atoms with Crippen molar-refractivity contribution in [2.75, 3.05) is 12.3 Å². The zero-order chi connectivity index (χ0) is 15.0. The van der Waals surface area contributed by atoms with Crippen molar-refractivity contribution in [1.29, 1.82) is 0 Å². The number of rotatable bonds is 1. The summed E-state index contributed by atoms with van der Waals surface area (Å²) in [5, 5.41) is 9.59. The number of nitrogen functional groups attached to an aromatic ring is 1. The van der Waals surface area contributed by atoms with Crippen molar-refractivity contribution in [3.63, 3.8) is 0 Å². The zero-order valence-corrected chi connectivity index (χ0v) is 12.0. The number of carbonyl (C=O) groups is 1. The largest absolute Gasteiger partial charge is 0.508 e. The number of hydrogen-bond acceptors (Lipinski definition) is 3. The molecule has 1 aliphatic rings. The summed E-state index contributed by atoms with van der Waals surface area (Å²) in [4.78, 5) is 14.5. The summed E-state index contributed by atoms with van der Waals surface area (Å²) in [6.07, 6.45) is 0.808. The quantitative estimate of drug-likeness (QED) is 0.790. The van der Waals surface area contributed by atoms with E-state index in [4.69, 9.17) is 5.73 Å². The highest BCUT2D eigenvalue weighted by molar-refractivity contribution is 5.97. The van der Waals surface area contributed by atoms with Crippen LogP contribution in [0.15, 0.2) is 36.4 Å². The Morgan fingerprint density at radius 2 is 2.05 bits per heavy atom. The molecule has 0 aliphatic carbocycles. The van der Waals surface area contributed by atoms with Gasteiger partial charge in [0.1, 0.15) is 5.75 Å². The normalized spacial score (nSPS) is 13.9. The smallest absolute Gasteiger partial charge is 0.254 e. The number of anilines is 1. The number of phenolic OH excluding ortho intramolecular Hbond substituents is 1. The summed E-state index contributed by atoms with van der Waals surface area (Å²) in [5.41, 5.74) is 10.2. The topological polar surface area (TPSA) is 66.6 Å². The molecule has 0 saturated carbocycles. The molecule has 0 radical (unpaired) electrons. The highest BCUT2D eigenvalue weighted by atomic mass is 16.3. The first-order chi connectivity index (χ1) is 10.1. The molecule has 4 nitrogen and oxygen atoms in total. The van der Waals surface area contributed by atoms with Gasteiger partial charge in [-0.1, -0.05) is 12.1 Å². The molecule has 1 aliphatic heterocycles. The molecular weight excluding hydrogens is 264 g/mol. The molecule has 4 heteroatoms. The van der Waals surface area contributed by atoms with E-state index in [1.54, 1.807) is 24.3 Å². The van der Waals surface area contributed by atoms with Crippen molar-refractivity contribution in [2.24, 2.45) is 0 Å². The third-order valence-electron chi connectivity index (χ3n) is 4.10. The molecule has 21 heavy (non-hydrogen) atoms. The van der Waals surface area contributed by atoms with Gasteiger partial charge in [0.2, 0.25) is 0 Å². The van der Waals surface area contributed by atoms with E-state index >= 15 is 0 Å². The fraction of sp³-hybridized carbons (Fsp3) is 0.235. The van der Waals surface area contributed by atoms with Gasteiger partial charge in [0.25, 0.3) is 5.91 Å². The van der Waals surface area contributed by atoms with Crippen molar-refractivity contribution in [3.05, 3.63) is 58.7 Å². The number of aromatic hydroxyl groups is 1. The van der Waals surface area contributed by atoms with Crippen LogP contribution in [0, 0.1) is 6.92 Å². The number of benzene rings is 2. The average Bonchev–Trinajstić information content (AvgIpc) is 2.48. The Morgan fingerprint density at radius 3 is 2.86 bits per heavy atom. The Labute approximate surface area is 123 Å². The summed E-state index contributed by atoms with van der Waals surface area (Å²) >= 11 is 0. The summed E-state index contributed by atoms with van der Waals surface area (Å²) in [6, 6.07) is 10.8. The first-order valence-electron chi connectivity index (χ1n) is 7.01. The van der Waals surface area contributed by atoms with Crippen molar-refractivity contribution < 1.29 is 9.90 Å². The van der Waals surface area contributed by atoms with Crippen LogP contribution in [0.2, 0.25) is 0 Å². The molecule has 0 fully saturated rings. The van der Waals surface area contributed by atoms with Gasteiger partial charge < -0.3 is 15.7 Å². The zero-order valence-electron chi connectivity index (χ0n) is 12.0. The summed E-state index contributed by atoms with van der Waals surface area (Å²) < 4.78 is 0. The van der Waals surface area contributed by atoms with Crippen LogP contribution in [-0.4, -0.2) is 22.5 Å². The van der Waals surface area contributed by atoms with Gasteiger partial charge in [0.05, 0.1) is 0 Å². The average molecular weight is 282 g/mol. The van der Waals surface area contributed by atoms with Crippen LogP contribution in [0.1, 0.15) is 27.0 Å². The van der Waals surface area contributed by atoms with Crippen LogP contribution in [0.25, 0.3) is 0 Å². The molecule has 2 aromatic rings. The van der Waals surface area contributed by atoms with Crippen LogP contribution >= 0.6 is 0 Å². The fourth-order valence-corrected chi connectivity index (χ4v) is 2.77. The Bertz CT molecular complexity index is 710. The Kier molecular flexibility index (Phi) is 3.29. The molecule has 3 N–H and O–H groups in total. The van der Waals surface area contributed by atoms with E-state index in [9.17, 15) is 9.90 Å². The second-order valence-corrected chi connectivity index (χ2v) is 5.45. The molecule has 0 bridgehead atoms. The summed E-state index contributed by atoms with van der Waals surface area (Å²) in [6.45, 7) is 3.08. The lowest BCUT2D eigenvalue weighted by molar-refractivity contribution is 0.0734. The van der Waals surface area contributed by atoms with Crippen molar-refractivity contribution >= 4 is 11.6 Å². The predicted octanol–water partition coefficient (Wildman–Crippen LogP) is 2.48. The lowest BCUT2D eigenvalue weighted by Crippen LogP contribution is -2.36. The predicted molar refractivity (Wildman–Crippen MR) is 82.1 cm³/mol. The minimum Gasteiger partial charge on any atom is -0.508 e. The summed E-state index contributed by atoms with van der Waals surface area (Å²) in [7, 11) is 0. The number of phenols is 1. The van der Waals surface area contributed by atoms with Gasteiger partial charge in [-0.05, 0) is 54.3 Å². The second kappa shape index (κ2) is 5.13. The number of fused-ring (bicyclic) bond motifs is 1. The van der Waals surface area contributed by atoms with Crippen LogP contribution in [0.3, 0.4) is 0 Å². The highest BCUT2D eigenvalue weighted by Crippen LogP contribution is 2.25. The minimum atomic E-state index is -0.00575. The molecule has 1 heterocycles. The van der Waals surface area contributed by atoms with Crippen molar-refractivity contribution in [1.82, 2.24) is 4.90 Å². The van der Waals surface area contributed by atoms with Crippen LogP contribution in [-0.2, 0) is 13.0 Å². The lowest BCUT2D eigenvalue weighted by Gasteiger charge is -2.29. The third-order valence-corrected chi connectivity index (χ3v) is 4.10. The Balaban J connectivity index is 1.89. The monoisotopic (exact) mass is 282 g/mol. The maximum atomic E-state index is 12.7. The van der Waals surface area contributed by atoms with Gasteiger partial charge in [0, 0.05) is 24.3 Å². The first-order valence-corrected chi connectivity index (χ1v) is 7.01. The first kappa shape index (κ1) is 13.5. The lowest BCUT2D eigenvalue weighted by atomic mass is 9.98. The van der Waals surface area contributed by atoms with Crippen LogP contribution in [0.4, 0.5) is 5.69 Å². The van der Waals surface area contributed by atoms with Crippen LogP contribution in [0.5, 0.6) is 5.75 Å². The highest BCUT2D eigenvalue weighted by Gasteiger charge is 2.23. The number of amides is 1. The van der Waals surface area contributed by atoms with E-state index < -0.39 is 0 Å². The molecule has 0 saturated heterocycles. The van der Waals surface area contributed by atoms with E-state index in [2.05, 4.69) is 0 Å². The molecule has 0 unspecified atom stereocenters. The van der Waals surface area contributed by atoms with E-state index in [-0.39, 0.29) is 11.7 Å². The van der Waals surface area contributed by atoms with E-state index in [1.807, 2.05) is 24.0 Å². The molecule has 2 aromatic carbocycles. The van der Waals surface area contributed by atoms with Crippen molar-refractivity contribution in [2.45, 2.75) is 19.9 Å². The van der Waals surface area contributed by atoms with Gasteiger partial charge in [-0.15, -0.1) is 0 Å². The van der Waals surface area contributed by atoms with Crippen molar-refractivity contribution in [3.8, 4) is 5.75 Å². The molecule has 0 spiro atoms. The SMILES string of the molecule is Cc1c(N)cccc1C(=O)N1CCc2ccc(O)cc2C1. The third kappa shape index (κ3) is 2.44. The number of nitrogens with zero attached hydrogens (tertiary/aromatic N) is 1. The van der Waals surface area contributed by atoms with Gasteiger partial charge in [0.15, 0.2) is 0 Å². The molecule has 0 atom stereocenters. The summed E-state index contributed by atoms with van der Waals surface area (Å²) in [5.74, 6) is 0.233. The maximum Gasteiger partial charge on any atom is 0.254 e. The van der Waals surface area contributed by atoms with Gasteiger partial charge in [-0.25, -0.2) is 0 Å². The van der Waals surface area contributed by atoms with E-state index in [1.165, 1.54) is 5.56 Å². The maximum absolute atomic E-state index is 12.7.